The molecule has 2 amide bonds. The Morgan fingerprint density at radius 2 is 2.25 bits per heavy atom. The summed E-state index contributed by atoms with van der Waals surface area (Å²) in [6.07, 6.45) is 3.09. The Kier molecular flexibility index (Phi) is 3.74. The van der Waals surface area contributed by atoms with Crippen molar-refractivity contribution in [3.8, 4) is 0 Å². The molecule has 4 N–H and O–H groups in total. The van der Waals surface area contributed by atoms with Crippen LogP contribution in [0.2, 0.25) is 0 Å². The summed E-state index contributed by atoms with van der Waals surface area (Å²) in [6, 6.07) is 0. The maximum Gasteiger partial charge on any atom is 0.269 e. The molecule has 0 aliphatic carbocycles. The van der Waals surface area contributed by atoms with Gasteiger partial charge in [-0.1, -0.05) is 6.58 Å². The van der Waals surface area contributed by atoms with Crippen molar-refractivity contribution >= 4 is 29.3 Å². The van der Waals surface area contributed by atoms with Crippen LogP contribution in [0.15, 0.2) is 23.8 Å². The standard InChI is InChI=1S/C12H14N6O2/c1-2-9(19)16-7-3-4-18(6-7)12-15-5-8(11(14)20)10(13)17-12/h2,5H,1,3-4,6H2,(H2,14,20)(H2,13,15,17). The molecule has 0 saturated carbocycles. The summed E-state index contributed by atoms with van der Waals surface area (Å²) in [5, 5.41) is 0. The molecular formula is C12H14N6O2. The zero-order valence-electron chi connectivity index (χ0n) is 10.7. The van der Waals surface area contributed by atoms with Gasteiger partial charge in [0.1, 0.15) is 5.82 Å². The summed E-state index contributed by atoms with van der Waals surface area (Å²) in [4.78, 5) is 36.0. The molecule has 0 aromatic carbocycles. The highest BCUT2D eigenvalue weighted by atomic mass is 16.1. The summed E-state index contributed by atoms with van der Waals surface area (Å²) < 4.78 is 0. The van der Waals surface area contributed by atoms with Gasteiger partial charge in [-0.05, 0) is 6.08 Å². The van der Waals surface area contributed by atoms with Crippen LogP contribution in [0.5, 0.6) is 0 Å². The third-order valence-corrected chi connectivity index (χ3v) is 2.84. The number of rotatable bonds is 3. The van der Waals surface area contributed by atoms with Crippen LogP contribution in [-0.4, -0.2) is 40.6 Å². The highest BCUT2D eigenvalue weighted by molar-refractivity contribution is 6.03. The normalized spacial score (nSPS) is 16.4. The van der Waals surface area contributed by atoms with Crippen LogP contribution >= 0.6 is 0 Å². The average Bonchev–Trinajstić information content (AvgIpc) is 2.86. The van der Waals surface area contributed by atoms with E-state index >= 15 is 0 Å². The molecule has 1 fully saturated rings. The Hall–Kier alpha value is -2.77. The van der Waals surface area contributed by atoms with Crippen LogP contribution in [0.4, 0.5) is 11.8 Å². The van der Waals surface area contributed by atoms with E-state index in [2.05, 4.69) is 21.5 Å². The van der Waals surface area contributed by atoms with Gasteiger partial charge in [-0.2, -0.15) is 4.98 Å². The van der Waals surface area contributed by atoms with Gasteiger partial charge in [-0.3, -0.25) is 9.59 Å². The minimum absolute atomic E-state index is 0.0371. The van der Waals surface area contributed by atoms with Gasteiger partial charge in [-0.15, -0.1) is 0 Å². The highest BCUT2D eigenvalue weighted by Crippen LogP contribution is 2.17. The second kappa shape index (κ2) is 5.47. The van der Waals surface area contributed by atoms with E-state index in [1.54, 1.807) is 0 Å². The van der Waals surface area contributed by atoms with Crippen molar-refractivity contribution < 1.29 is 9.59 Å². The van der Waals surface area contributed by atoms with E-state index in [9.17, 15) is 9.59 Å². The molecule has 1 aromatic rings. The van der Waals surface area contributed by atoms with Crippen LogP contribution in [0, 0.1) is 0 Å². The number of nitrogens with zero attached hydrogens (tertiary/aromatic N) is 4. The lowest BCUT2D eigenvalue weighted by Crippen LogP contribution is -2.24. The van der Waals surface area contributed by atoms with Gasteiger partial charge in [0.05, 0.1) is 12.1 Å². The highest BCUT2D eigenvalue weighted by Gasteiger charge is 2.22. The molecule has 0 atom stereocenters. The van der Waals surface area contributed by atoms with E-state index in [4.69, 9.17) is 11.5 Å². The molecule has 1 aliphatic rings. The molecule has 0 bridgehead atoms. The van der Waals surface area contributed by atoms with E-state index < -0.39 is 5.91 Å². The fourth-order valence-corrected chi connectivity index (χ4v) is 1.83. The smallest absolute Gasteiger partial charge is 0.269 e. The predicted octanol–water partition coefficient (Wildman–Crippen LogP) is -0.479. The van der Waals surface area contributed by atoms with E-state index in [-0.39, 0.29) is 17.3 Å². The van der Waals surface area contributed by atoms with Gasteiger partial charge < -0.3 is 16.4 Å². The molecule has 1 saturated heterocycles. The molecule has 0 unspecified atom stereocenters. The Balaban J connectivity index is 2.16. The lowest BCUT2D eigenvalue weighted by Gasteiger charge is -2.14. The van der Waals surface area contributed by atoms with E-state index in [0.717, 1.165) is 11.8 Å². The van der Waals surface area contributed by atoms with Crippen molar-refractivity contribution in [2.24, 2.45) is 10.7 Å². The largest absolute Gasteiger partial charge is 0.383 e. The number of carbonyl (C=O) groups is 2. The molecule has 20 heavy (non-hydrogen) atoms. The first kappa shape index (κ1) is 13.7. The van der Waals surface area contributed by atoms with Gasteiger partial charge >= 0.3 is 0 Å². The molecule has 0 radical (unpaired) electrons. The number of anilines is 2. The number of aliphatic imine (C=N–C) groups is 1. The molecule has 104 valence electrons. The molecule has 8 nitrogen and oxygen atoms in total. The Bertz CT molecular complexity index is 610. The molecule has 2 heterocycles. The van der Waals surface area contributed by atoms with Crippen LogP contribution in [0.25, 0.3) is 0 Å². The minimum Gasteiger partial charge on any atom is -0.383 e. The summed E-state index contributed by atoms with van der Waals surface area (Å²) >= 11 is 0. The first-order valence-corrected chi connectivity index (χ1v) is 5.91. The van der Waals surface area contributed by atoms with Crippen molar-refractivity contribution in [3.63, 3.8) is 0 Å². The summed E-state index contributed by atoms with van der Waals surface area (Å²) in [5.41, 5.74) is 11.6. The number of nitrogens with two attached hydrogens (primary N) is 2. The average molecular weight is 274 g/mol. The first-order chi connectivity index (χ1) is 9.51. The maximum absolute atomic E-state index is 11.2. The monoisotopic (exact) mass is 274 g/mol. The van der Waals surface area contributed by atoms with Gasteiger partial charge in [0.25, 0.3) is 11.8 Å². The lowest BCUT2D eigenvalue weighted by atomic mass is 10.3. The fourth-order valence-electron chi connectivity index (χ4n) is 1.83. The predicted molar refractivity (Wildman–Crippen MR) is 74.4 cm³/mol. The zero-order chi connectivity index (χ0) is 14.7. The summed E-state index contributed by atoms with van der Waals surface area (Å²) in [6.45, 7) is 4.43. The second-order valence-corrected chi connectivity index (χ2v) is 4.23. The quantitative estimate of drug-likeness (QED) is 0.716. The van der Waals surface area contributed by atoms with Crippen LogP contribution in [-0.2, 0) is 4.79 Å². The molecule has 2 rings (SSSR count). The number of aromatic nitrogens is 2. The van der Waals surface area contributed by atoms with Gasteiger partial charge in [0, 0.05) is 24.9 Å². The number of carbonyl (C=O) groups excluding carboxylic acids is 2. The van der Waals surface area contributed by atoms with Crippen molar-refractivity contribution in [1.82, 2.24) is 9.97 Å². The number of hydrogen-bond donors (Lipinski definition) is 2. The van der Waals surface area contributed by atoms with Gasteiger partial charge in [-0.25, -0.2) is 9.98 Å². The summed E-state index contributed by atoms with van der Waals surface area (Å²) in [7, 11) is 0. The van der Waals surface area contributed by atoms with Crippen LogP contribution < -0.4 is 16.4 Å². The number of amides is 2. The first-order valence-electron chi connectivity index (χ1n) is 5.91. The molecule has 1 aliphatic heterocycles. The Labute approximate surface area is 115 Å². The third kappa shape index (κ3) is 2.79. The zero-order valence-corrected chi connectivity index (χ0v) is 10.7. The summed E-state index contributed by atoms with van der Waals surface area (Å²) in [5.74, 6) is -0.625. The SMILES string of the molecule is C=CC(=O)N=C1CCN(c2ncc(C(N)=O)c(N)n2)C1. The Morgan fingerprint density at radius 1 is 1.50 bits per heavy atom. The van der Waals surface area contributed by atoms with Gasteiger partial charge in [0.15, 0.2) is 0 Å². The number of primary amides is 1. The minimum atomic E-state index is -0.672. The molecule has 8 heteroatoms. The molecule has 1 aromatic heterocycles. The van der Waals surface area contributed by atoms with Gasteiger partial charge in [0.2, 0.25) is 5.95 Å². The van der Waals surface area contributed by atoms with E-state index in [0.29, 0.717) is 25.5 Å². The van der Waals surface area contributed by atoms with Crippen molar-refractivity contribution in [1.29, 1.82) is 0 Å². The van der Waals surface area contributed by atoms with Crippen molar-refractivity contribution in [3.05, 3.63) is 24.4 Å². The van der Waals surface area contributed by atoms with Crippen LogP contribution in [0.3, 0.4) is 0 Å². The lowest BCUT2D eigenvalue weighted by molar-refractivity contribution is -0.113. The maximum atomic E-state index is 11.2. The number of hydrogen-bond acceptors (Lipinski definition) is 6. The van der Waals surface area contributed by atoms with Crippen LogP contribution in [0.1, 0.15) is 16.8 Å². The third-order valence-electron chi connectivity index (χ3n) is 2.84. The number of nitrogen functional groups attached to an aromatic ring is 1. The van der Waals surface area contributed by atoms with E-state index in [1.807, 2.05) is 4.90 Å². The molecular weight excluding hydrogens is 260 g/mol. The fraction of sp³-hybridized carbons (Fsp3) is 0.250. The second-order valence-electron chi connectivity index (χ2n) is 4.23. The molecule has 0 spiro atoms. The Morgan fingerprint density at radius 3 is 2.85 bits per heavy atom. The van der Waals surface area contributed by atoms with Crippen molar-refractivity contribution in [2.45, 2.75) is 6.42 Å². The van der Waals surface area contributed by atoms with E-state index in [1.165, 1.54) is 6.20 Å². The van der Waals surface area contributed by atoms with Crippen molar-refractivity contribution in [2.75, 3.05) is 23.7 Å². The topological polar surface area (TPSA) is 128 Å².